The number of benzene rings is 5. The molecule has 5 aliphatic rings. The molecule has 0 amide bonds. The van der Waals surface area contributed by atoms with E-state index >= 15 is 0 Å². The van der Waals surface area contributed by atoms with Gasteiger partial charge in [0.15, 0.2) is 0 Å². The van der Waals surface area contributed by atoms with Gasteiger partial charge in [-0.2, -0.15) is 0 Å². The number of dihydropyridines is 1. The standard InChI is InChI=1S/C44H28N2/c1-2-13-27-26(10-1)22-36-40-28(27)16-9-17-31(40)43-41(37-18-3-5-20-45-37)34-23-32-29-14-7-11-25-12-8-15-30(39(25)29)33(32)24-35(34)42(44(36)43)38-19-4-6-21-46-38/h1-24,28,37,40,45H. The van der Waals surface area contributed by atoms with Crippen LogP contribution in [-0.2, 0) is 0 Å². The van der Waals surface area contributed by atoms with Gasteiger partial charge in [0.05, 0.1) is 11.7 Å². The Hall–Kier alpha value is -5.73. The van der Waals surface area contributed by atoms with Crippen molar-refractivity contribution in [1.82, 2.24) is 10.3 Å². The third-order valence-electron chi connectivity index (χ3n) is 10.9. The molecule has 3 unspecified atom stereocenters. The summed E-state index contributed by atoms with van der Waals surface area (Å²) in [5.74, 6) is 0.581. The zero-order valence-electron chi connectivity index (χ0n) is 25.0. The van der Waals surface area contributed by atoms with Crippen LogP contribution in [0.2, 0.25) is 0 Å². The highest BCUT2D eigenvalue weighted by molar-refractivity contribution is 6.21. The SMILES string of the molecule is C1=CNC(c2c3c(c(-c4ccccn4)c4cc5c(cc24)-c2cccc4cccc-5c24)C2=Cc4ccccc4C4C=CC=C3C24)C=C1. The second-order valence-electron chi connectivity index (χ2n) is 13.0. The fourth-order valence-corrected chi connectivity index (χ4v) is 9.11. The first-order chi connectivity index (χ1) is 22.8. The van der Waals surface area contributed by atoms with Crippen LogP contribution in [0.1, 0.15) is 39.8 Å². The first-order valence-electron chi connectivity index (χ1n) is 16.3. The van der Waals surface area contributed by atoms with Gasteiger partial charge in [-0.1, -0.05) is 103 Å². The third kappa shape index (κ3) is 3.08. The molecule has 0 radical (unpaired) electrons. The number of nitrogens with zero attached hydrogens (tertiary/aromatic N) is 1. The van der Waals surface area contributed by atoms with Crippen molar-refractivity contribution in [2.75, 3.05) is 0 Å². The summed E-state index contributed by atoms with van der Waals surface area (Å²) in [4.78, 5) is 5.05. The summed E-state index contributed by atoms with van der Waals surface area (Å²) in [5.41, 5.74) is 17.2. The fraction of sp³-hybridized carbons (Fsp3) is 0.0682. The molecule has 1 N–H and O–H groups in total. The number of allylic oxidation sites excluding steroid dienone is 7. The van der Waals surface area contributed by atoms with E-state index in [1.165, 1.54) is 88.3 Å². The van der Waals surface area contributed by atoms with Gasteiger partial charge in [0.1, 0.15) is 0 Å². The molecule has 46 heavy (non-hydrogen) atoms. The van der Waals surface area contributed by atoms with Crippen molar-refractivity contribution >= 4 is 38.8 Å². The van der Waals surface area contributed by atoms with Crippen molar-refractivity contribution in [1.29, 1.82) is 0 Å². The monoisotopic (exact) mass is 584 g/mol. The maximum Gasteiger partial charge on any atom is 0.0714 e. The Bertz CT molecular complexity index is 2500. The van der Waals surface area contributed by atoms with Gasteiger partial charge in [-0.05, 0) is 119 Å². The number of hydrogen-bond donors (Lipinski definition) is 1. The minimum absolute atomic E-state index is 0.0463. The van der Waals surface area contributed by atoms with Crippen LogP contribution in [0.4, 0.5) is 0 Å². The molecule has 6 aromatic rings. The Morgan fingerprint density at radius 3 is 2.26 bits per heavy atom. The highest BCUT2D eigenvalue weighted by Crippen LogP contribution is 2.62. The Kier molecular flexibility index (Phi) is 4.77. The molecule has 0 spiro atoms. The molecule has 0 fully saturated rings. The van der Waals surface area contributed by atoms with E-state index < -0.39 is 0 Å². The molecule has 0 saturated carbocycles. The Balaban J connectivity index is 1.34. The topological polar surface area (TPSA) is 24.9 Å². The van der Waals surface area contributed by atoms with Crippen LogP contribution in [-0.4, -0.2) is 4.98 Å². The van der Waals surface area contributed by atoms with Crippen molar-refractivity contribution in [2.45, 2.75) is 12.0 Å². The van der Waals surface area contributed by atoms with Gasteiger partial charge in [0, 0.05) is 23.6 Å². The maximum atomic E-state index is 5.05. The van der Waals surface area contributed by atoms with Crippen molar-refractivity contribution in [3.63, 3.8) is 0 Å². The van der Waals surface area contributed by atoms with E-state index in [1.807, 2.05) is 12.3 Å². The highest BCUT2D eigenvalue weighted by atomic mass is 14.9. The molecule has 0 bridgehead atoms. The normalized spacial score (nSPS) is 20.6. The number of fused-ring (bicyclic) bond motifs is 9. The van der Waals surface area contributed by atoms with E-state index in [9.17, 15) is 0 Å². The van der Waals surface area contributed by atoms with Gasteiger partial charge < -0.3 is 5.32 Å². The summed E-state index contributed by atoms with van der Waals surface area (Å²) in [7, 11) is 0. The summed E-state index contributed by atoms with van der Waals surface area (Å²) in [6, 6.07) is 33.8. The van der Waals surface area contributed by atoms with Crippen LogP contribution in [0.3, 0.4) is 0 Å². The lowest BCUT2D eigenvalue weighted by Gasteiger charge is -2.32. The molecule has 3 atom stereocenters. The van der Waals surface area contributed by atoms with E-state index in [0.717, 1.165) is 5.69 Å². The predicted octanol–water partition coefficient (Wildman–Crippen LogP) is 10.6. The summed E-state index contributed by atoms with van der Waals surface area (Å²) in [5, 5.41) is 8.96. The molecule has 0 saturated heterocycles. The molecular formula is C44H28N2. The molecule has 5 aromatic carbocycles. The summed E-state index contributed by atoms with van der Waals surface area (Å²) >= 11 is 0. The smallest absolute Gasteiger partial charge is 0.0714 e. The van der Waals surface area contributed by atoms with E-state index in [4.69, 9.17) is 4.98 Å². The minimum atomic E-state index is 0.0463. The van der Waals surface area contributed by atoms with Crippen LogP contribution in [0, 0.1) is 5.92 Å². The number of aromatic nitrogens is 1. The Labute approximate surface area is 267 Å². The summed E-state index contributed by atoms with van der Waals surface area (Å²) < 4.78 is 0. The molecule has 1 aromatic heterocycles. The fourth-order valence-electron chi connectivity index (χ4n) is 9.11. The summed E-state index contributed by atoms with van der Waals surface area (Å²) in [6.07, 6.45) is 20.2. The molecule has 1 aliphatic heterocycles. The lowest BCUT2D eigenvalue weighted by molar-refractivity contribution is 0.731. The van der Waals surface area contributed by atoms with Crippen LogP contribution in [0.15, 0.2) is 140 Å². The molecule has 2 nitrogen and oxygen atoms in total. The van der Waals surface area contributed by atoms with Crippen molar-refractivity contribution in [3.8, 4) is 33.5 Å². The maximum absolute atomic E-state index is 5.05. The van der Waals surface area contributed by atoms with E-state index in [-0.39, 0.29) is 12.0 Å². The van der Waals surface area contributed by atoms with Crippen LogP contribution < -0.4 is 5.32 Å². The van der Waals surface area contributed by atoms with E-state index in [0.29, 0.717) is 5.92 Å². The zero-order chi connectivity index (χ0) is 29.9. The van der Waals surface area contributed by atoms with Crippen LogP contribution in [0.5, 0.6) is 0 Å². The third-order valence-corrected chi connectivity index (χ3v) is 10.9. The largest absolute Gasteiger partial charge is 0.381 e. The zero-order valence-corrected chi connectivity index (χ0v) is 25.0. The van der Waals surface area contributed by atoms with Gasteiger partial charge in [-0.15, -0.1) is 0 Å². The van der Waals surface area contributed by atoms with E-state index in [1.54, 1.807) is 0 Å². The first-order valence-corrected chi connectivity index (χ1v) is 16.3. The summed E-state index contributed by atoms with van der Waals surface area (Å²) in [6.45, 7) is 0. The number of hydrogen-bond acceptors (Lipinski definition) is 2. The minimum Gasteiger partial charge on any atom is -0.381 e. The molecule has 2 heteroatoms. The number of pyridine rings is 1. The first kappa shape index (κ1) is 24.6. The number of nitrogens with one attached hydrogen (secondary N) is 1. The van der Waals surface area contributed by atoms with Gasteiger partial charge in [0.2, 0.25) is 0 Å². The predicted molar refractivity (Wildman–Crippen MR) is 191 cm³/mol. The molecule has 2 heterocycles. The quantitative estimate of drug-likeness (QED) is 0.219. The van der Waals surface area contributed by atoms with Gasteiger partial charge in [-0.3, -0.25) is 4.98 Å². The van der Waals surface area contributed by atoms with Gasteiger partial charge in [-0.25, -0.2) is 0 Å². The molecule has 4 aliphatic carbocycles. The number of rotatable bonds is 2. The van der Waals surface area contributed by atoms with Crippen LogP contribution in [0.25, 0.3) is 72.3 Å². The van der Waals surface area contributed by atoms with E-state index in [2.05, 4.69) is 139 Å². The Morgan fingerprint density at radius 1 is 0.630 bits per heavy atom. The lowest BCUT2D eigenvalue weighted by atomic mass is 9.71. The van der Waals surface area contributed by atoms with Crippen molar-refractivity contribution in [3.05, 3.63) is 168 Å². The highest BCUT2D eigenvalue weighted by Gasteiger charge is 2.45. The van der Waals surface area contributed by atoms with Crippen LogP contribution >= 0.6 is 0 Å². The average Bonchev–Trinajstić information content (AvgIpc) is 3.61. The lowest BCUT2D eigenvalue weighted by Crippen LogP contribution is -2.18. The van der Waals surface area contributed by atoms with Crippen molar-refractivity contribution < 1.29 is 0 Å². The second-order valence-corrected chi connectivity index (χ2v) is 13.0. The molecule has 214 valence electrons. The molecular weight excluding hydrogens is 556 g/mol. The Morgan fingerprint density at radius 2 is 1.46 bits per heavy atom. The van der Waals surface area contributed by atoms with Gasteiger partial charge in [0.25, 0.3) is 0 Å². The van der Waals surface area contributed by atoms with Gasteiger partial charge >= 0.3 is 0 Å². The average molecular weight is 585 g/mol. The van der Waals surface area contributed by atoms with Crippen molar-refractivity contribution in [2.24, 2.45) is 5.92 Å². The second kappa shape index (κ2) is 8.93. The molecule has 11 rings (SSSR count).